The van der Waals surface area contributed by atoms with Gasteiger partial charge < -0.3 is 15.1 Å². The molecule has 0 bridgehead atoms. The second kappa shape index (κ2) is 8.28. The van der Waals surface area contributed by atoms with Crippen molar-refractivity contribution in [2.24, 2.45) is 0 Å². The van der Waals surface area contributed by atoms with Gasteiger partial charge in [-0.2, -0.15) is 5.10 Å². The monoisotopic (exact) mass is 471 g/mol. The van der Waals surface area contributed by atoms with Crippen LogP contribution < -0.4 is 5.43 Å². The Morgan fingerprint density at radius 2 is 1.74 bits per heavy atom. The lowest BCUT2D eigenvalue weighted by atomic mass is 9.80. The van der Waals surface area contributed by atoms with Crippen LogP contribution in [-0.2, 0) is 6.61 Å². The second-order valence-electron chi connectivity index (χ2n) is 8.48. The van der Waals surface area contributed by atoms with E-state index in [9.17, 15) is 33.0 Å². The van der Waals surface area contributed by atoms with Crippen LogP contribution in [0.5, 0.6) is 5.75 Å². The number of aliphatic hydroxyl groups is 1. The van der Waals surface area contributed by atoms with E-state index in [-0.39, 0.29) is 11.4 Å². The van der Waals surface area contributed by atoms with Gasteiger partial charge in [0.05, 0.1) is 18.7 Å². The van der Waals surface area contributed by atoms with E-state index < -0.39 is 59.1 Å². The number of halogens is 3. The molecular weight excluding hydrogens is 451 g/mol. The van der Waals surface area contributed by atoms with Gasteiger partial charge in [0.15, 0.2) is 23.1 Å². The summed E-state index contributed by atoms with van der Waals surface area (Å²) >= 11 is 0. The minimum absolute atomic E-state index is 0.333. The van der Waals surface area contributed by atoms with Crippen molar-refractivity contribution >= 4 is 5.91 Å². The van der Waals surface area contributed by atoms with E-state index in [1.54, 1.807) is 0 Å². The molecule has 1 fully saturated rings. The number of hydrogen-bond acceptors (Lipinski definition) is 5. The Labute approximate surface area is 191 Å². The van der Waals surface area contributed by atoms with Gasteiger partial charge in [-0.05, 0) is 48.2 Å². The van der Waals surface area contributed by atoms with Crippen LogP contribution in [0.1, 0.15) is 52.1 Å². The van der Waals surface area contributed by atoms with E-state index in [0.29, 0.717) is 30.5 Å². The number of fused-ring (bicyclic) bond motifs is 2. The summed E-state index contributed by atoms with van der Waals surface area (Å²) in [6.07, 6.45) is 1.20. The van der Waals surface area contributed by atoms with Crippen molar-refractivity contribution < 1.29 is 28.2 Å². The summed E-state index contributed by atoms with van der Waals surface area (Å²) < 4.78 is 43.0. The van der Waals surface area contributed by atoms with E-state index in [4.69, 9.17) is 0 Å². The van der Waals surface area contributed by atoms with Crippen molar-refractivity contribution in [3.63, 3.8) is 0 Å². The van der Waals surface area contributed by atoms with Crippen LogP contribution in [0.25, 0.3) is 0 Å². The lowest BCUT2D eigenvalue weighted by Crippen LogP contribution is -2.51. The molecule has 1 saturated heterocycles. The first-order valence-electron chi connectivity index (χ1n) is 10.8. The maximum absolute atomic E-state index is 14.3. The highest BCUT2D eigenvalue weighted by atomic mass is 19.2. The molecule has 3 heterocycles. The van der Waals surface area contributed by atoms with E-state index in [1.807, 2.05) is 0 Å². The summed E-state index contributed by atoms with van der Waals surface area (Å²) in [5.74, 6) is -4.77. The average molecular weight is 471 g/mol. The number of rotatable bonds is 4. The molecule has 0 saturated carbocycles. The predicted octanol–water partition coefficient (Wildman–Crippen LogP) is 2.85. The number of benzene rings is 2. The highest BCUT2D eigenvalue weighted by molar-refractivity contribution is 5.96. The highest BCUT2D eigenvalue weighted by Crippen LogP contribution is 2.46. The van der Waals surface area contributed by atoms with E-state index in [0.717, 1.165) is 12.1 Å². The summed E-state index contributed by atoms with van der Waals surface area (Å²) in [7, 11) is 0. The molecule has 5 rings (SSSR count). The van der Waals surface area contributed by atoms with Crippen LogP contribution in [0.2, 0.25) is 0 Å². The number of aromatic nitrogens is 2. The Morgan fingerprint density at radius 3 is 2.41 bits per heavy atom. The lowest BCUT2D eigenvalue weighted by Gasteiger charge is -2.42. The molecule has 7 nitrogen and oxygen atoms in total. The Kier molecular flexibility index (Phi) is 5.40. The van der Waals surface area contributed by atoms with Crippen LogP contribution in [-0.4, -0.2) is 43.4 Å². The van der Waals surface area contributed by atoms with Gasteiger partial charge in [-0.1, -0.05) is 18.2 Å². The topological polar surface area (TPSA) is 95.7 Å². The SMILES string of the molecule is O=C1c2c(O)c(=O)c(CO)nn2[C@@H](C(c2ccc(F)cc2)c2ccc(F)c(F)c2)[C@H]2CCCN12. The summed E-state index contributed by atoms with van der Waals surface area (Å²) in [5.41, 5.74) is -0.762. The van der Waals surface area contributed by atoms with Gasteiger partial charge in [-0.15, -0.1) is 0 Å². The van der Waals surface area contributed by atoms with Crippen molar-refractivity contribution in [3.05, 3.63) is 92.7 Å². The van der Waals surface area contributed by atoms with Gasteiger partial charge in [0, 0.05) is 12.5 Å². The third-order valence-corrected chi connectivity index (χ3v) is 6.62. The average Bonchev–Trinajstić information content (AvgIpc) is 3.31. The summed E-state index contributed by atoms with van der Waals surface area (Å²) in [4.78, 5) is 27.2. The first-order valence-corrected chi connectivity index (χ1v) is 10.8. The molecule has 10 heteroatoms. The third kappa shape index (κ3) is 3.37. The fraction of sp³-hybridized carbons (Fsp3) is 0.292. The molecule has 2 aliphatic heterocycles. The quantitative estimate of drug-likeness (QED) is 0.610. The number of aliphatic hydroxyl groups excluding tert-OH is 1. The van der Waals surface area contributed by atoms with E-state index >= 15 is 0 Å². The Morgan fingerprint density at radius 1 is 1.03 bits per heavy atom. The summed E-state index contributed by atoms with van der Waals surface area (Å²) in [6, 6.07) is 7.69. The Hall–Kier alpha value is -3.66. The maximum Gasteiger partial charge on any atom is 0.276 e. The fourth-order valence-corrected chi connectivity index (χ4v) is 5.12. The minimum Gasteiger partial charge on any atom is -0.502 e. The summed E-state index contributed by atoms with van der Waals surface area (Å²) in [5, 5.41) is 24.5. The number of aromatic hydroxyl groups is 1. The Balaban J connectivity index is 1.81. The fourth-order valence-electron chi connectivity index (χ4n) is 5.12. The number of hydrogen-bond donors (Lipinski definition) is 2. The standard InChI is InChI=1S/C24H20F3N3O4/c25-14-6-3-12(4-7-14)19(13-5-8-15(26)16(27)10-13)20-18-2-1-9-29(18)24(34)21-23(33)22(32)17(11-31)28-30(20)21/h3-8,10,18-20,31,33H,1-2,9,11H2/t18-,19?,20-/m1/s1. The Bertz CT molecular complexity index is 1340. The number of carbonyl (C=O) groups is 1. The zero-order valence-electron chi connectivity index (χ0n) is 17.8. The number of amides is 1. The molecule has 1 amide bonds. The first-order chi connectivity index (χ1) is 16.3. The zero-order valence-corrected chi connectivity index (χ0v) is 17.8. The lowest BCUT2D eigenvalue weighted by molar-refractivity contribution is 0.0561. The van der Waals surface area contributed by atoms with E-state index in [1.165, 1.54) is 39.9 Å². The normalized spacial score (nSPS) is 20.2. The second-order valence-corrected chi connectivity index (χ2v) is 8.48. The van der Waals surface area contributed by atoms with Crippen LogP contribution in [0.3, 0.4) is 0 Å². The van der Waals surface area contributed by atoms with Gasteiger partial charge in [-0.3, -0.25) is 9.59 Å². The predicted molar refractivity (Wildman–Crippen MR) is 114 cm³/mol. The summed E-state index contributed by atoms with van der Waals surface area (Å²) in [6.45, 7) is -0.391. The van der Waals surface area contributed by atoms with Crippen LogP contribution in [0.15, 0.2) is 47.3 Å². The molecular formula is C24H20F3N3O4. The van der Waals surface area contributed by atoms with Crippen molar-refractivity contribution in [3.8, 4) is 5.75 Å². The zero-order chi connectivity index (χ0) is 24.1. The van der Waals surface area contributed by atoms with Crippen LogP contribution in [0, 0.1) is 17.5 Å². The molecule has 0 spiro atoms. The van der Waals surface area contributed by atoms with Gasteiger partial charge in [-0.25, -0.2) is 17.9 Å². The van der Waals surface area contributed by atoms with Crippen LogP contribution in [0.4, 0.5) is 13.2 Å². The van der Waals surface area contributed by atoms with Crippen molar-refractivity contribution in [1.82, 2.24) is 14.7 Å². The van der Waals surface area contributed by atoms with Crippen molar-refractivity contribution in [2.75, 3.05) is 6.54 Å². The smallest absolute Gasteiger partial charge is 0.276 e. The van der Waals surface area contributed by atoms with Gasteiger partial charge in [0.1, 0.15) is 11.5 Å². The van der Waals surface area contributed by atoms with E-state index in [2.05, 4.69) is 5.10 Å². The molecule has 0 radical (unpaired) electrons. The first kappa shape index (κ1) is 22.1. The number of carbonyl (C=O) groups excluding carboxylic acids is 1. The number of nitrogens with zero attached hydrogens (tertiary/aromatic N) is 3. The highest BCUT2D eigenvalue weighted by Gasteiger charge is 2.48. The molecule has 1 aromatic heterocycles. The molecule has 2 aromatic carbocycles. The maximum atomic E-state index is 14.3. The van der Waals surface area contributed by atoms with Crippen molar-refractivity contribution in [1.29, 1.82) is 0 Å². The molecule has 2 aliphatic rings. The molecule has 0 aliphatic carbocycles. The minimum atomic E-state index is -1.08. The molecule has 3 aromatic rings. The van der Waals surface area contributed by atoms with Crippen LogP contribution >= 0.6 is 0 Å². The van der Waals surface area contributed by atoms with Crippen molar-refractivity contribution in [2.45, 2.75) is 37.5 Å². The molecule has 3 atom stereocenters. The van der Waals surface area contributed by atoms with Gasteiger partial charge in [0.25, 0.3) is 5.91 Å². The molecule has 2 N–H and O–H groups in total. The molecule has 176 valence electrons. The third-order valence-electron chi connectivity index (χ3n) is 6.62. The van der Waals surface area contributed by atoms with Gasteiger partial charge >= 0.3 is 0 Å². The molecule has 1 unspecified atom stereocenters. The molecule has 34 heavy (non-hydrogen) atoms. The largest absolute Gasteiger partial charge is 0.502 e. The van der Waals surface area contributed by atoms with Gasteiger partial charge in [0.2, 0.25) is 5.43 Å².